The summed E-state index contributed by atoms with van der Waals surface area (Å²) in [4.78, 5) is 11.9. The summed E-state index contributed by atoms with van der Waals surface area (Å²) >= 11 is 0. The number of rotatable bonds is 0. The summed E-state index contributed by atoms with van der Waals surface area (Å²) in [5, 5.41) is 19.9. The van der Waals surface area contributed by atoms with Gasteiger partial charge in [-0.05, 0) is 0 Å². The molecule has 5 nitrogen and oxygen atoms in total. The summed E-state index contributed by atoms with van der Waals surface area (Å²) in [5.74, 6) is -0.445. The smallest absolute Gasteiger partial charge is 0.323 e. The van der Waals surface area contributed by atoms with E-state index in [-0.39, 0.29) is 17.8 Å². The Kier molecular flexibility index (Phi) is 1.83. The van der Waals surface area contributed by atoms with E-state index in [1.54, 1.807) is 0 Å². The average Bonchev–Trinajstić information content (AvgIpc) is 2.58. The van der Waals surface area contributed by atoms with Gasteiger partial charge in [-0.1, -0.05) is 13.5 Å². The summed E-state index contributed by atoms with van der Waals surface area (Å²) in [7, 11) is 0. The van der Waals surface area contributed by atoms with Gasteiger partial charge in [0.05, 0.1) is 18.3 Å². The lowest BCUT2D eigenvalue weighted by atomic mass is 9.63. The van der Waals surface area contributed by atoms with Crippen molar-refractivity contribution in [2.24, 2.45) is 11.3 Å². The molecular formula is C11H14O5. The van der Waals surface area contributed by atoms with Crippen LogP contribution in [0.3, 0.4) is 0 Å². The van der Waals surface area contributed by atoms with Crippen molar-refractivity contribution >= 4 is 5.97 Å². The molecule has 0 aromatic carbocycles. The van der Waals surface area contributed by atoms with Gasteiger partial charge in [-0.2, -0.15) is 0 Å². The van der Waals surface area contributed by atoms with Gasteiger partial charge in [-0.15, -0.1) is 0 Å². The molecule has 2 N–H and O–H groups in total. The Labute approximate surface area is 92.7 Å². The van der Waals surface area contributed by atoms with Crippen molar-refractivity contribution in [3.63, 3.8) is 0 Å². The van der Waals surface area contributed by atoms with E-state index in [4.69, 9.17) is 9.47 Å². The zero-order chi connectivity index (χ0) is 11.7. The molecule has 2 aliphatic heterocycles. The number of esters is 1. The number of carbonyl (C=O) groups excluding carboxylic acids is 1. The number of hydrogen-bond donors (Lipinski definition) is 2. The van der Waals surface area contributed by atoms with E-state index in [0.717, 1.165) is 0 Å². The largest absolute Gasteiger partial charge is 0.428 e. The molecule has 0 aromatic rings. The number of fused-ring (bicyclic) bond motifs is 1. The van der Waals surface area contributed by atoms with Crippen LogP contribution in [0.15, 0.2) is 12.3 Å². The predicted molar refractivity (Wildman–Crippen MR) is 52.1 cm³/mol. The van der Waals surface area contributed by atoms with Crippen LogP contribution in [0.25, 0.3) is 0 Å². The highest BCUT2D eigenvalue weighted by atomic mass is 16.6. The Hall–Kier alpha value is -0.910. The van der Waals surface area contributed by atoms with E-state index < -0.39 is 29.7 Å². The number of aliphatic hydroxyl groups excluding tert-OH is 2. The molecule has 16 heavy (non-hydrogen) atoms. The average molecular weight is 226 g/mol. The van der Waals surface area contributed by atoms with Crippen LogP contribution >= 0.6 is 0 Å². The molecule has 3 aliphatic rings. The Morgan fingerprint density at radius 2 is 2.19 bits per heavy atom. The zero-order valence-electron chi connectivity index (χ0n) is 8.92. The highest BCUT2D eigenvalue weighted by molar-refractivity contribution is 5.84. The van der Waals surface area contributed by atoms with Crippen LogP contribution in [-0.2, 0) is 14.3 Å². The van der Waals surface area contributed by atoms with E-state index in [2.05, 4.69) is 6.58 Å². The van der Waals surface area contributed by atoms with Gasteiger partial charge in [-0.25, -0.2) is 0 Å². The first-order valence-electron chi connectivity index (χ1n) is 5.42. The number of aliphatic hydroxyl groups is 2. The summed E-state index contributed by atoms with van der Waals surface area (Å²) < 4.78 is 10.6. The van der Waals surface area contributed by atoms with Crippen molar-refractivity contribution < 1.29 is 24.5 Å². The fourth-order valence-corrected chi connectivity index (χ4v) is 3.34. The second kappa shape index (κ2) is 2.85. The molecule has 5 heteroatoms. The first kappa shape index (κ1) is 10.3. The van der Waals surface area contributed by atoms with E-state index >= 15 is 0 Å². The van der Waals surface area contributed by atoms with Gasteiger partial charge < -0.3 is 19.7 Å². The van der Waals surface area contributed by atoms with Crippen LogP contribution in [0, 0.1) is 11.3 Å². The van der Waals surface area contributed by atoms with E-state index in [9.17, 15) is 15.0 Å². The fraction of sp³-hybridized carbons (Fsp3) is 0.727. The molecular weight excluding hydrogens is 212 g/mol. The van der Waals surface area contributed by atoms with Crippen LogP contribution in [0.2, 0.25) is 0 Å². The maximum Gasteiger partial charge on any atom is 0.323 e. The Balaban J connectivity index is 2.15. The maximum atomic E-state index is 11.9. The van der Waals surface area contributed by atoms with E-state index in [1.807, 2.05) is 6.92 Å². The molecule has 88 valence electrons. The quantitative estimate of drug-likeness (QED) is 0.548. The van der Waals surface area contributed by atoms with Crippen molar-refractivity contribution in [2.75, 3.05) is 0 Å². The van der Waals surface area contributed by atoms with Crippen molar-refractivity contribution in [3.05, 3.63) is 12.3 Å². The Morgan fingerprint density at radius 1 is 1.50 bits per heavy atom. The number of ether oxygens (including phenoxy) is 2. The molecule has 0 amide bonds. The predicted octanol–water partition coefficient (Wildman–Crippen LogP) is -0.428. The molecule has 6 atom stereocenters. The lowest BCUT2D eigenvalue weighted by molar-refractivity contribution is -0.165. The van der Waals surface area contributed by atoms with Gasteiger partial charge >= 0.3 is 5.97 Å². The van der Waals surface area contributed by atoms with Crippen LogP contribution in [-0.4, -0.2) is 40.6 Å². The third kappa shape index (κ3) is 0.863. The number of cyclic esters (lactones) is 1. The number of carbonyl (C=O) groups is 1. The van der Waals surface area contributed by atoms with Crippen LogP contribution in [0.5, 0.6) is 0 Å². The lowest BCUT2D eigenvalue weighted by Gasteiger charge is -2.39. The minimum absolute atomic E-state index is 0.164. The first-order valence-corrected chi connectivity index (χ1v) is 5.42. The minimum Gasteiger partial charge on any atom is -0.428 e. The normalized spacial score (nSPS) is 55.1. The van der Waals surface area contributed by atoms with Gasteiger partial charge in [0, 0.05) is 12.3 Å². The SMILES string of the molecule is C=C1OC(=O)[C@]23C1O[C@H](C[C@H](O)[C@@H]2O)[C@H]3C. The molecule has 1 spiro atoms. The highest BCUT2D eigenvalue weighted by Gasteiger charge is 2.72. The standard InChI is InChI=1S/C11H14O5/c1-4-7-3-6(12)8(13)11(4)9(16-7)5(2)15-10(11)14/h4,6-9,12-13H,2-3H2,1H3/t4-,6+,7-,8+,9?,11+/m1/s1. The second-order valence-corrected chi connectivity index (χ2v) is 4.88. The summed E-state index contributed by atoms with van der Waals surface area (Å²) in [5.41, 5.74) is -1.15. The van der Waals surface area contributed by atoms with Gasteiger partial charge in [0.1, 0.15) is 17.3 Å². The molecule has 0 radical (unpaired) electrons. The van der Waals surface area contributed by atoms with Crippen LogP contribution in [0.4, 0.5) is 0 Å². The molecule has 1 unspecified atom stereocenters. The Bertz CT molecular complexity index is 379. The molecule has 3 rings (SSSR count). The summed E-state index contributed by atoms with van der Waals surface area (Å²) in [6.45, 7) is 5.48. The summed E-state index contributed by atoms with van der Waals surface area (Å²) in [6.07, 6.45) is -2.57. The number of hydrogen-bond acceptors (Lipinski definition) is 5. The molecule has 2 heterocycles. The van der Waals surface area contributed by atoms with Gasteiger partial charge in [0.15, 0.2) is 0 Å². The second-order valence-electron chi connectivity index (χ2n) is 4.88. The van der Waals surface area contributed by atoms with Crippen LogP contribution in [0.1, 0.15) is 13.3 Å². The minimum atomic E-state index is -1.15. The highest BCUT2D eigenvalue weighted by Crippen LogP contribution is 2.58. The van der Waals surface area contributed by atoms with Crippen molar-refractivity contribution in [3.8, 4) is 0 Å². The molecule has 3 fully saturated rings. The van der Waals surface area contributed by atoms with E-state index in [1.165, 1.54) is 0 Å². The molecule has 2 saturated heterocycles. The van der Waals surface area contributed by atoms with Gasteiger partial charge in [-0.3, -0.25) is 4.79 Å². The topological polar surface area (TPSA) is 76.0 Å². The van der Waals surface area contributed by atoms with Crippen LogP contribution < -0.4 is 0 Å². The maximum absolute atomic E-state index is 11.9. The zero-order valence-corrected chi connectivity index (χ0v) is 8.92. The third-order valence-corrected chi connectivity index (χ3v) is 4.25. The van der Waals surface area contributed by atoms with E-state index in [0.29, 0.717) is 6.42 Å². The van der Waals surface area contributed by atoms with Crippen molar-refractivity contribution in [1.82, 2.24) is 0 Å². The van der Waals surface area contributed by atoms with Gasteiger partial charge in [0.25, 0.3) is 0 Å². The summed E-state index contributed by atoms with van der Waals surface area (Å²) in [6, 6.07) is 0. The third-order valence-electron chi connectivity index (χ3n) is 4.25. The molecule has 2 bridgehead atoms. The molecule has 1 aliphatic carbocycles. The first-order chi connectivity index (χ1) is 7.49. The Morgan fingerprint density at radius 3 is 2.88 bits per heavy atom. The van der Waals surface area contributed by atoms with Crippen molar-refractivity contribution in [1.29, 1.82) is 0 Å². The molecule has 0 aromatic heterocycles. The molecule has 1 saturated carbocycles. The van der Waals surface area contributed by atoms with Crippen molar-refractivity contribution in [2.45, 2.75) is 37.8 Å². The fourth-order valence-electron chi connectivity index (χ4n) is 3.34. The monoisotopic (exact) mass is 226 g/mol. The lowest BCUT2D eigenvalue weighted by Crippen LogP contribution is -2.57. The van der Waals surface area contributed by atoms with Gasteiger partial charge in [0.2, 0.25) is 0 Å².